The highest BCUT2D eigenvalue weighted by Crippen LogP contribution is 2.42. The normalized spacial score (nSPS) is 13.1. The second-order valence-corrected chi connectivity index (χ2v) is 6.61. The van der Waals surface area contributed by atoms with Gasteiger partial charge in [0.25, 0.3) is 0 Å². The zero-order valence-electron chi connectivity index (χ0n) is 13.0. The van der Waals surface area contributed by atoms with Crippen LogP contribution in [0, 0.1) is 6.92 Å². The van der Waals surface area contributed by atoms with Gasteiger partial charge in [0.1, 0.15) is 32.1 Å². The fraction of sp³-hybridized carbons (Fsp3) is 0.0526. The van der Waals surface area contributed by atoms with Crippen molar-refractivity contribution in [3.8, 4) is 23.0 Å². The molecular formula is C19H10Cl2N2O2. The summed E-state index contributed by atoms with van der Waals surface area (Å²) in [6.07, 6.45) is 0. The fourth-order valence-electron chi connectivity index (χ4n) is 2.91. The number of aryl methyl sites for hydroxylation is 1. The summed E-state index contributed by atoms with van der Waals surface area (Å²) in [7, 11) is 0. The Labute approximate surface area is 153 Å². The van der Waals surface area contributed by atoms with Crippen LogP contribution in [0.4, 0.5) is 11.4 Å². The largest absolute Gasteiger partial charge is 0.451 e. The number of nitrogens with zero attached hydrogens (tertiary/aromatic N) is 2. The minimum atomic E-state index is 0.332. The van der Waals surface area contributed by atoms with Gasteiger partial charge in [-0.05, 0) is 36.8 Å². The monoisotopic (exact) mass is 368 g/mol. The van der Waals surface area contributed by atoms with E-state index in [0.29, 0.717) is 55.1 Å². The summed E-state index contributed by atoms with van der Waals surface area (Å²) in [5.41, 5.74) is 2.48. The van der Waals surface area contributed by atoms with Crippen molar-refractivity contribution in [2.75, 3.05) is 0 Å². The molecule has 0 atom stereocenters. The molecule has 122 valence electrons. The molecule has 6 heteroatoms. The van der Waals surface area contributed by atoms with E-state index < -0.39 is 0 Å². The molecule has 0 aliphatic carbocycles. The number of hydrogen-bond acceptors (Lipinski definition) is 4. The molecule has 3 aromatic carbocycles. The third-order valence-electron chi connectivity index (χ3n) is 4.11. The molecule has 0 N–H and O–H groups in total. The molecule has 2 heterocycles. The van der Waals surface area contributed by atoms with Crippen LogP contribution in [0.2, 0.25) is 10.0 Å². The average molecular weight is 369 g/mol. The summed E-state index contributed by atoms with van der Waals surface area (Å²) < 4.78 is 11.9. The van der Waals surface area contributed by atoms with E-state index >= 15 is 0 Å². The minimum Gasteiger partial charge on any atom is -0.451 e. The van der Waals surface area contributed by atoms with Gasteiger partial charge in [-0.1, -0.05) is 41.4 Å². The van der Waals surface area contributed by atoms with Crippen molar-refractivity contribution in [1.29, 1.82) is 0 Å². The van der Waals surface area contributed by atoms with Crippen molar-refractivity contribution in [3.05, 3.63) is 68.8 Å². The van der Waals surface area contributed by atoms with E-state index in [1.54, 1.807) is 0 Å². The highest BCUT2D eigenvalue weighted by molar-refractivity contribution is 6.35. The summed E-state index contributed by atoms with van der Waals surface area (Å²) in [5.74, 6) is 2.05. The maximum atomic E-state index is 6.57. The van der Waals surface area contributed by atoms with E-state index in [0.717, 1.165) is 5.56 Å². The van der Waals surface area contributed by atoms with Crippen molar-refractivity contribution in [2.24, 2.45) is 9.98 Å². The Balaban J connectivity index is 1.85. The molecule has 0 saturated carbocycles. The summed E-state index contributed by atoms with van der Waals surface area (Å²) in [6, 6.07) is 13.2. The standard InChI is InChI=1S/C19H10Cl2N2O2/c1-9-6-7-13-11(8-9)23-17-15(21)18-16(14(20)19(17)25-13)22-10-4-2-3-5-12(10)24-18/h2-8H,1H3. The first-order valence-corrected chi connectivity index (χ1v) is 8.41. The van der Waals surface area contributed by atoms with Gasteiger partial charge in [-0.3, -0.25) is 0 Å². The molecule has 2 aliphatic heterocycles. The molecule has 0 fully saturated rings. The first-order valence-electron chi connectivity index (χ1n) is 7.65. The van der Waals surface area contributed by atoms with Crippen LogP contribution in [0.25, 0.3) is 0 Å². The van der Waals surface area contributed by atoms with Crippen LogP contribution < -0.4 is 20.2 Å². The quantitative estimate of drug-likeness (QED) is 0.366. The molecule has 0 bridgehead atoms. The van der Waals surface area contributed by atoms with Gasteiger partial charge in [-0.15, -0.1) is 0 Å². The predicted octanol–water partition coefficient (Wildman–Crippen LogP) is 5.42. The van der Waals surface area contributed by atoms with Gasteiger partial charge in [0.2, 0.25) is 0 Å². The highest BCUT2D eigenvalue weighted by Gasteiger charge is 2.26. The van der Waals surface area contributed by atoms with Gasteiger partial charge in [0.15, 0.2) is 23.0 Å². The van der Waals surface area contributed by atoms with Gasteiger partial charge in [0, 0.05) is 0 Å². The first-order chi connectivity index (χ1) is 12.1. The zero-order valence-corrected chi connectivity index (χ0v) is 14.5. The van der Waals surface area contributed by atoms with E-state index in [1.807, 2.05) is 49.4 Å². The topological polar surface area (TPSA) is 43.2 Å². The van der Waals surface area contributed by atoms with Gasteiger partial charge >= 0.3 is 0 Å². The molecule has 5 rings (SSSR count). The van der Waals surface area contributed by atoms with E-state index in [9.17, 15) is 0 Å². The van der Waals surface area contributed by atoms with Crippen LogP contribution in [0.3, 0.4) is 0 Å². The lowest BCUT2D eigenvalue weighted by atomic mass is 10.1. The lowest BCUT2D eigenvalue weighted by Gasteiger charge is -2.20. The number of ether oxygens (including phenoxy) is 2. The summed E-state index contributed by atoms with van der Waals surface area (Å²) >= 11 is 13.1. The number of para-hydroxylation sites is 2. The van der Waals surface area contributed by atoms with Crippen molar-refractivity contribution in [1.82, 2.24) is 0 Å². The minimum absolute atomic E-state index is 0.332. The van der Waals surface area contributed by atoms with Crippen molar-refractivity contribution < 1.29 is 9.47 Å². The Morgan fingerprint density at radius 3 is 2.08 bits per heavy atom. The highest BCUT2D eigenvalue weighted by atomic mass is 35.5. The molecule has 0 radical (unpaired) electrons. The SMILES string of the molecule is Cc1ccc2c(c1)N=c1c(Cl)c3c(c(Cl)c1O2)=Nc1ccccc1O3. The lowest BCUT2D eigenvalue weighted by Crippen LogP contribution is -2.22. The van der Waals surface area contributed by atoms with Gasteiger partial charge in [-0.2, -0.15) is 0 Å². The van der Waals surface area contributed by atoms with Crippen LogP contribution in [-0.2, 0) is 0 Å². The van der Waals surface area contributed by atoms with Crippen molar-refractivity contribution in [2.45, 2.75) is 6.92 Å². The maximum Gasteiger partial charge on any atom is 0.175 e. The van der Waals surface area contributed by atoms with Gasteiger partial charge < -0.3 is 9.47 Å². The molecule has 2 aliphatic rings. The van der Waals surface area contributed by atoms with Crippen molar-refractivity contribution >= 4 is 34.6 Å². The fourth-order valence-corrected chi connectivity index (χ4v) is 3.42. The maximum absolute atomic E-state index is 6.57. The number of rotatable bonds is 0. The summed E-state index contributed by atoms with van der Waals surface area (Å²) in [5, 5.41) is 1.58. The van der Waals surface area contributed by atoms with Crippen molar-refractivity contribution in [3.63, 3.8) is 0 Å². The Bertz CT molecular complexity index is 1190. The third-order valence-corrected chi connectivity index (χ3v) is 4.81. The van der Waals surface area contributed by atoms with Crippen LogP contribution in [0.1, 0.15) is 5.56 Å². The smallest absolute Gasteiger partial charge is 0.175 e. The second-order valence-electron chi connectivity index (χ2n) is 5.85. The zero-order chi connectivity index (χ0) is 17.1. The summed E-state index contributed by atoms with van der Waals surface area (Å²) in [4.78, 5) is 9.22. The van der Waals surface area contributed by atoms with E-state index in [-0.39, 0.29) is 0 Å². The van der Waals surface area contributed by atoms with Gasteiger partial charge in [-0.25, -0.2) is 9.98 Å². The molecule has 0 amide bonds. The molecule has 25 heavy (non-hydrogen) atoms. The molecule has 0 unspecified atom stereocenters. The first kappa shape index (κ1) is 14.8. The molecule has 3 aromatic rings. The Kier molecular flexibility index (Phi) is 3.08. The molecule has 0 saturated heterocycles. The molecular weight excluding hydrogens is 359 g/mol. The number of benzene rings is 3. The number of halogens is 2. The third kappa shape index (κ3) is 2.15. The van der Waals surface area contributed by atoms with E-state index in [4.69, 9.17) is 32.7 Å². The summed E-state index contributed by atoms with van der Waals surface area (Å²) in [6.45, 7) is 1.99. The number of hydrogen-bond donors (Lipinski definition) is 0. The molecule has 4 nitrogen and oxygen atoms in total. The average Bonchev–Trinajstić information content (AvgIpc) is 2.63. The molecule has 0 aromatic heterocycles. The van der Waals surface area contributed by atoms with Crippen LogP contribution in [-0.4, -0.2) is 0 Å². The Morgan fingerprint density at radius 1 is 0.760 bits per heavy atom. The van der Waals surface area contributed by atoms with Gasteiger partial charge in [0.05, 0.1) is 0 Å². The number of fused-ring (bicyclic) bond motifs is 4. The second kappa shape index (κ2) is 5.22. The Morgan fingerprint density at radius 2 is 1.36 bits per heavy atom. The lowest BCUT2D eigenvalue weighted by molar-refractivity contribution is 0.451. The Hall–Kier alpha value is -2.56. The van der Waals surface area contributed by atoms with Crippen LogP contribution in [0.15, 0.2) is 52.4 Å². The van der Waals surface area contributed by atoms with E-state index in [1.165, 1.54) is 0 Å². The van der Waals surface area contributed by atoms with E-state index in [2.05, 4.69) is 9.98 Å². The molecule has 0 spiro atoms. The predicted molar refractivity (Wildman–Crippen MR) is 95.9 cm³/mol. The van der Waals surface area contributed by atoms with Crippen LogP contribution >= 0.6 is 23.2 Å². The van der Waals surface area contributed by atoms with Crippen LogP contribution in [0.5, 0.6) is 23.0 Å².